The van der Waals surface area contributed by atoms with Crippen LogP contribution in [0.5, 0.6) is 0 Å². The average Bonchev–Trinajstić information content (AvgIpc) is 1.37. The quantitative estimate of drug-likeness (QED) is 0.475. The van der Waals surface area contributed by atoms with Gasteiger partial charge < -0.3 is 11.3 Å². The average molecular weight is 77.1 g/mol. The molecule has 2 nitrogen and oxygen atoms in total. The maximum absolute atomic E-state index is 9.30. The molecule has 0 aromatic heterocycles. The molecule has 0 atom stereocenters. The first kappa shape index (κ1) is 8.87. The van der Waals surface area contributed by atoms with Gasteiger partial charge >= 0.3 is 0 Å². The Labute approximate surface area is 32.4 Å². The molecule has 5 heavy (non-hydrogen) atoms. The molecule has 0 amide bonds. The number of quaternary nitrogens is 1. The Kier molecular flexibility index (Phi) is 16.1. The second-order valence-corrected chi connectivity index (χ2v) is 0.704. The van der Waals surface area contributed by atoms with Crippen LogP contribution in [0.25, 0.3) is 0 Å². The van der Waals surface area contributed by atoms with Gasteiger partial charge in [0.15, 0.2) is 0 Å². The molecule has 2 heteroatoms. The Morgan fingerprint density at radius 2 is 1.80 bits per heavy atom. The summed E-state index contributed by atoms with van der Waals surface area (Å²) in [6.45, 7) is 1.94. The van der Waals surface area contributed by atoms with Crippen LogP contribution in [0.1, 0.15) is 13.3 Å². The van der Waals surface area contributed by atoms with Crippen LogP contribution in [-0.4, -0.2) is 6.61 Å². The van der Waals surface area contributed by atoms with E-state index < -0.39 is 0 Å². The maximum Gasteiger partial charge on any atom is -0.0667 e. The van der Waals surface area contributed by atoms with E-state index in [2.05, 4.69) is 0 Å². The van der Waals surface area contributed by atoms with Crippen LogP contribution in [0.4, 0.5) is 0 Å². The summed E-state index contributed by atoms with van der Waals surface area (Å²) >= 11 is 0. The molecule has 4 N–H and O–H groups in total. The second kappa shape index (κ2) is 9.07. The standard InChI is InChI=1S/C3H7O.H3N/c1-2-3-4;/h2-3H2,1H3;1H3/q-1;/p+1. The lowest BCUT2D eigenvalue weighted by atomic mass is 10.5. The molecule has 0 aliphatic carbocycles. The van der Waals surface area contributed by atoms with Gasteiger partial charge in [-0.2, -0.15) is 0 Å². The Hall–Kier alpha value is -0.0800. The molecule has 0 saturated heterocycles. The Balaban J connectivity index is 0. The van der Waals surface area contributed by atoms with E-state index in [1.165, 1.54) is 0 Å². The zero-order valence-electron chi connectivity index (χ0n) is 3.82. The molecule has 0 aliphatic heterocycles. The molecule has 0 radical (unpaired) electrons. The van der Waals surface area contributed by atoms with Crippen LogP contribution >= 0.6 is 0 Å². The van der Waals surface area contributed by atoms with Gasteiger partial charge in [-0.25, -0.2) is 0 Å². The fraction of sp³-hybridized carbons (Fsp3) is 1.00. The van der Waals surface area contributed by atoms with Crippen molar-refractivity contribution in [2.75, 3.05) is 6.61 Å². The predicted molar refractivity (Wildman–Crippen MR) is 21.1 cm³/mol. The first-order valence-electron chi connectivity index (χ1n) is 1.50. The van der Waals surface area contributed by atoms with Gasteiger partial charge in [-0.05, 0) is 0 Å². The fourth-order valence-electron chi connectivity index (χ4n) is 0. The van der Waals surface area contributed by atoms with Crippen molar-refractivity contribution in [3.8, 4) is 0 Å². The van der Waals surface area contributed by atoms with E-state index in [9.17, 15) is 5.11 Å². The summed E-state index contributed by atoms with van der Waals surface area (Å²) in [4.78, 5) is 0. The van der Waals surface area contributed by atoms with E-state index in [-0.39, 0.29) is 12.8 Å². The van der Waals surface area contributed by atoms with Crippen LogP contribution in [-0.2, 0) is 0 Å². The maximum atomic E-state index is 9.30. The topological polar surface area (TPSA) is 59.6 Å². The lowest BCUT2D eigenvalue weighted by molar-refractivity contribution is -0.367. The molecule has 0 fully saturated rings. The summed E-state index contributed by atoms with van der Waals surface area (Å²) in [6.07, 6.45) is 0.764. The van der Waals surface area contributed by atoms with Crippen molar-refractivity contribution in [3.05, 3.63) is 0 Å². The first-order valence-corrected chi connectivity index (χ1v) is 1.50. The van der Waals surface area contributed by atoms with E-state index in [1.807, 2.05) is 6.92 Å². The minimum atomic E-state index is 0. The highest BCUT2D eigenvalue weighted by Gasteiger charge is 1.45. The van der Waals surface area contributed by atoms with Gasteiger partial charge in [0.05, 0.1) is 0 Å². The molecular formula is C3H11NO. The third-order valence-corrected chi connectivity index (χ3v) is 0.204. The van der Waals surface area contributed by atoms with Gasteiger partial charge in [0, 0.05) is 0 Å². The highest BCUT2D eigenvalue weighted by Crippen LogP contribution is 1.56. The molecule has 0 heterocycles. The molecular weight excluding hydrogens is 66.0 g/mol. The van der Waals surface area contributed by atoms with Gasteiger partial charge in [-0.1, -0.05) is 13.3 Å². The van der Waals surface area contributed by atoms with Crippen molar-refractivity contribution < 1.29 is 5.11 Å². The Bertz CT molecular complexity index is 8.85. The lowest BCUT2D eigenvalue weighted by Gasteiger charge is -1.89. The van der Waals surface area contributed by atoms with Crippen molar-refractivity contribution >= 4 is 0 Å². The van der Waals surface area contributed by atoms with Crippen molar-refractivity contribution in [3.63, 3.8) is 0 Å². The fourth-order valence-corrected chi connectivity index (χ4v) is 0. The van der Waals surface area contributed by atoms with Crippen LogP contribution in [0.15, 0.2) is 0 Å². The van der Waals surface area contributed by atoms with Crippen LogP contribution in [0.3, 0.4) is 0 Å². The van der Waals surface area contributed by atoms with E-state index in [0.29, 0.717) is 0 Å². The van der Waals surface area contributed by atoms with Crippen LogP contribution in [0.2, 0.25) is 0 Å². The first-order chi connectivity index (χ1) is 1.91. The minimum Gasteiger partial charge on any atom is -0.854 e. The molecule has 34 valence electrons. The normalized spacial score (nSPS) is 6.00. The summed E-state index contributed by atoms with van der Waals surface area (Å²) < 4.78 is 0. The van der Waals surface area contributed by atoms with Gasteiger partial charge in [-0.3, -0.25) is 0 Å². The summed E-state index contributed by atoms with van der Waals surface area (Å²) in [7, 11) is 0. The summed E-state index contributed by atoms with van der Waals surface area (Å²) in [5.74, 6) is 0. The van der Waals surface area contributed by atoms with E-state index >= 15 is 0 Å². The number of hydrogen-bond donors (Lipinski definition) is 1. The molecule has 0 saturated carbocycles. The second-order valence-electron chi connectivity index (χ2n) is 0.704. The SMILES string of the molecule is CCC[O-].[NH4+]. The zero-order valence-corrected chi connectivity index (χ0v) is 3.82. The molecule has 0 aromatic carbocycles. The van der Waals surface area contributed by atoms with Crippen molar-refractivity contribution in [2.45, 2.75) is 13.3 Å². The highest BCUT2D eigenvalue weighted by atomic mass is 16.2. The molecule has 0 bridgehead atoms. The van der Waals surface area contributed by atoms with Gasteiger partial charge in [0.2, 0.25) is 0 Å². The molecule has 0 rings (SSSR count). The van der Waals surface area contributed by atoms with Crippen molar-refractivity contribution in [1.82, 2.24) is 6.15 Å². The highest BCUT2D eigenvalue weighted by molar-refractivity contribution is 4.07. The largest absolute Gasteiger partial charge is 0.854 e. The molecule has 0 spiro atoms. The predicted octanol–water partition coefficient (Wildman–Crippen LogP) is 0.133. The van der Waals surface area contributed by atoms with E-state index in [1.54, 1.807) is 0 Å². The Morgan fingerprint density at radius 1 is 1.60 bits per heavy atom. The third-order valence-electron chi connectivity index (χ3n) is 0.204. The molecule has 0 aromatic rings. The smallest absolute Gasteiger partial charge is 0.0667 e. The van der Waals surface area contributed by atoms with Gasteiger partial charge in [0.25, 0.3) is 0 Å². The minimum absolute atomic E-state index is 0. The summed E-state index contributed by atoms with van der Waals surface area (Å²) in [6, 6.07) is 0. The number of hydrogen-bond acceptors (Lipinski definition) is 1. The lowest BCUT2D eigenvalue weighted by Crippen LogP contribution is -2.01. The van der Waals surface area contributed by atoms with Crippen molar-refractivity contribution in [2.24, 2.45) is 0 Å². The third kappa shape index (κ3) is 17.1. The van der Waals surface area contributed by atoms with Crippen LogP contribution in [0, 0.1) is 0 Å². The van der Waals surface area contributed by atoms with E-state index in [0.717, 1.165) is 6.42 Å². The summed E-state index contributed by atoms with van der Waals surface area (Å²) in [5.41, 5.74) is 0. The van der Waals surface area contributed by atoms with Crippen molar-refractivity contribution in [1.29, 1.82) is 0 Å². The van der Waals surface area contributed by atoms with Gasteiger partial charge in [0.1, 0.15) is 0 Å². The van der Waals surface area contributed by atoms with Crippen LogP contribution < -0.4 is 11.3 Å². The Morgan fingerprint density at radius 3 is 1.80 bits per heavy atom. The molecule has 0 unspecified atom stereocenters. The van der Waals surface area contributed by atoms with Gasteiger partial charge in [-0.15, -0.1) is 6.61 Å². The summed E-state index contributed by atoms with van der Waals surface area (Å²) in [5, 5.41) is 9.30. The van der Waals surface area contributed by atoms with E-state index in [4.69, 9.17) is 0 Å². The number of rotatable bonds is 1. The zero-order chi connectivity index (χ0) is 3.41. The molecule has 0 aliphatic rings. The monoisotopic (exact) mass is 77.1 g/mol.